The number of aromatic nitrogens is 2. The molecular weight excluding hydrogens is 533 g/mol. The Morgan fingerprint density at radius 2 is 1.90 bits per heavy atom. The average molecular weight is 566 g/mol. The molecule has 1 unspecified atom stereocenters. The number of piperazine rings is 1. The van der Waals surface area contributed by atoms with Crippen molar-refractivity contribution in [3.8, 4) is 0 Å². The Balaban J connectivity index is 1.27. The summed E-state index contributed by atoms with van der Waals surface area (Å²) in [4.78, 5) is 28.2. The molecule has 8 nitrogen and oxygen atoms in total. The third-order valence-electron chi connectivity index (χ3n) is 8.74. The summed E-state index contributed by atoms with van der Waals surface area (Å²) in [6.45, 7) is 8.71. The first-order valence-electron chi connectivity index (χ1n) is 13.6. The van der Waals surface area contributed by atoms with Gasteiger partial charge in [-0.15, -0.1) is 0 Å². The quantitative estimate of drug-likeness (QED) is 0.434. The third-order valence-corrected chi connectivity index (χ3v) is 9.05. The van der Waals surface area contributed by atoms with E-state index >= 15 is 0 Å². The SMILES string of the molecule is COC1CC2(C1)CN(c1ccc(Cl)c(F)c1)c1ccc(N3CCN(c4cc(C)c(C(=O)O)c(C)n4)CC3C)nc12. The molecule has 3 aromatic rings. The van der Waals surface area contributed by atoms with Crippen LogP contribution in [0.2, 0.25) is 5.02 Å². The third kappa shape index (κ3) is 4.36. The van der Waals surface area contributed by atoms with Crippen molar-refractivity contribution in [1.29, 1.82) is 0 Å². The molecule has 10 heteroatoms. The Hall–Kier alpha value is -3.43. The molecule has 1 aliphatic carbocycles. The maximum atomic E-state index is 14.4. The van der Waals surface area contributed by atoms with Crippen LogP contribution in [-0.2, 0) is 10.2 Å². The fourth-order valence-electron chi connectivity index (χ4n) is 6.66. The van der Waals surface area contributed by atoms with Crippen LogP contribution < -0.4 is 14.7 Å². The fraction of sp³-hybridized carbons (Fsp3) is 0.433. The van der Waals surface area contributed by atoms with E-state index in [2.05, 4.69) is 38.7 Å². The number of halogens is 2. The smallest absolute Gasteiger partial charge is 0.337 e. The number of benzene rings is 1. The van der Waals surface area contributed by atoms with Crippen LogP contribution in [0.3, 0.4) is 0 Å². The van der Waals surface area contributed by atoms with Gasteiger partial charge in [0.1, 0.15) is 17.5 Å². The summed E-state index contributed by atoms with van der Waals surface area (Å²) in [6, 6.07) is 11.1. The van der Waals surface area contributed by atoms with Crippen molar-refractivity contribution in [3.05, 3.63) is 69.8 Å². The zero-order chi connectivity index (χ0) is 28.3. The number of hydrogen-bond donors (Lipinski definition) is 1. The zero-order valence-corrected chi connectivity index (χ0v) is 23.9. The van der Waals surface area contributed by atoms with Crippen molar-refractivity contribution in [1.82, 2.24) is 9.97 Å². The number of hydrogen-bond acceptors (Lipinski definition) is 7. The summed E-state index contributed by atoms with van der Waals surface area (Å²) in [5, 5.41) is 9.62. The number of carbonyl (C=O) groups is 1. The zero-order valence-electron chi connectivity index (χ0n) is 23.1. The Morgan fingerprint density at radius 3 is 2.55 bits per heavy atom. The Bertz CT molecular complexity index is 1470. The monoisotopic (exact) mass is 565 g/mol. The molecule has 2 aliphatic heterocycles. The van der Waals surface area contributed by atoms with Crippen LogP contribution in [0.1, 0.15) is 47.1 Å². The highest BCUT2D eigenvalue weighted by molar-refractivity contribution is 6.30. The summed E-state index contributed by atoms with van der Waals surface area (Å²) in [5.41, 5.74) is 4.19. The van der Waals surface area contributed by atoms with E-state index in [9.17, 15) is 14.3 Å². The van der Waals surface area contributed by atoms with Gasteiger partial charge < -0.3 is 24.5 Å². The molecule has 2 fully saturated rings. The number of anilines is 4. The van der Waals surface area contributed by atoms with Crippen molar-refractivity contribution in [2.45, 2.75) is 51.2 Å². The van der Waals surface area contributed by atoms with Gasteiger partial charge in [0.25, 0.3) is 0 Å². The van der Waals surface area contributed by atoms with E-state index in [1.807, 2.05) is 19.1 Å². The molecular formula is C30H33ClFN5O3. The van der Waals surface area contributed by atoms with Gasteiger partial charge >= 0.3 is 5.97 Å². The summed E-state index contributed by atoms with van der Waals surface area (Å²) >= 11 is 5.97. The van der Waals surface area contributed by atoms with E-state index in [0.717, 1.165) is 73.3 Å². The van der Waals surface area contributed by atoms with Gasteiger partial charge in [-0.25, -0.2) is 19.2 Å². The highest BCUT2D eigenvalue weighted by Gasteiger charge is 2.54. The number of carboxylic acids is 1. The van der Waals surface area contributed by atoms with Crippen molar-refractivity contribution in [2.24, 2.45) is 0 Å². The minimum atomic E-state index is -0.948. The summed E-state index contributed by atoms with van der Waals surface area (Å²) in [5.74, 6) is 0.352. The normalized spacial score (nSPS) is 23.9. The van der Waals surface area contributed by atoms with E-state index in [4.69, 9.17) is 21.3 Å². The molecule has 1 aromatic carbocycles. The second kappa shape index (κ2) is 9.89. The lowest BCUT2D eigenvalue weighted by Gasteiger charge is -2.45. The number of nitrogens with zero attached hydrogens (tertiary/aromatic N) is 5. The van der Waals surface area contributed by atoms with Gasteiger partial charge in [-0.1, -0.05) is 11.6 Å². The molecule has 0 radical (unpaired) electrons. The molecule has 2 aromatic heterocycles. The van der Waals surface area contributed by atoms with E-state index in [1.165, 1.54) is 6.07 Å². The second-order valence-corrected chi connectivity index (χ2v) is 11.7. The number of methoxy groups -OCH3 is 1. The Labute approximate surface area is 238 Å². The first-order chi connectivity index (χ1) is 19.1. The molecule has 1 saturated carbocycles. The number of ether oxygens (including phenoxy) is 1. The van der Waals surface area contributed by atoms with Gasteiger partial charge in [-0.2, -0.15) is 0 Å². The van der Waals surface area contributed by atoms with Crippen LogP contribution in [0, 0.1) is 19.7 Å². The molecule has 1 atom stereocenters. The first-order valence-corrected chi connectivity index (χ1v) is 14.0. The van der Waals surface area contributed by atoms with Crippen molar-refractivity contribution >= 4 is 40.6 Å². The largest absolute Gasteiger partial charge is 0.478 e. The Kier molecular flexibility index (Phi) is 6.62. The van der Waals surface area contributed by atoms with E-state index in [-0.39, 0.29) is 28.1 Å². The van der Waals surface area contributed by atoms with E-state index in [1.54, 1.807) is 20.1 Å². The van der Waals surface area contributed by atoms with Crippen LogP contribution in [0.4, 0.5) is 27.4 Å². The minimum absolute atomic E-state index is 0.112. The maximum absolute atomic E-state index is 14.4. The predicted molar refractivity (Wildman–Crippen MR) is 154 cm³/mol. The van der Waals surface area contributed by atoms with Crippen LogP contribution in [0.5, 0.6) is 0 Å². The molecule has 0 amide bonds. The number of aromatic carboxylic acids is 1. The van der Waals surface area contributed by atoms with Crippen LogP contribution >= 0.6 is 11.6 Å². The number of rotatable bonds is 5. The predicted octanol–water partition coefficient (Wildman–Crippen LogP) is 5.50. The van der Waals surface area contributed by atoms with Crippen molar-refractivity contribution < 1.29 is 19.0 Å². The molecule has 6 rings (SSSR count). The highest BCUT2D eigenvalue weighted by Crippen LogP contribution is 2.55. The standard InChI is InChI=1S/C30H33ClFN5O3/c1-17-11-26(33-19(3)27(17)29(38)39)35-9-10-36(18(2)15-35)25-8-7-24-28(34-25)30(13-21(14-30)40-4)16-37(24)20-5-6-22(31)23(32)12-20/h5-8,11-12,18,21H,9-10,13-16H2,1-4H3,(H,38,39). The van der Waals surface area contributed by atoms with Crippen molar-refractivity contribution in [2.75, 3.05) is 48.0 Å². The van der Waals surface area contributed by atoms with Gasteiger partial charge in [0.05, 0.1) is 33.8 Å². The van der Waals surface area contributed by atoms with Gasteiger partial charge in [0.15, 0.2) is 0 Å². The second-order valence-electron chi connectivity index (χ2n) is 11.3. The molecule has 40 heavy (non-hydrogen) atoms. The van der Waals surface area contributed by atoms with Gasteiger partial charge in [-0.3, -0.25) is 0 Å². The average Bonchev–Trinajstić information content (AvgIpc) is 3.23. The van der Waals surface area contributed by atoms with Gasteiger partial charge in [0.2, 0.25) is 0 Å². The maximum Gasteiger partial charge on any atom is 0.337 e. The fourth-order valence-corrected chi connectivity index (χ4v) is 6.78. The van der Waals surface area contributed by atoms with Gasteiger partial charge in [-0.05, 0) is 75.6 Å². The van der Waals surface area contributed by atoms with E-state index in [0.29, 0.717) is 5.69 Å². The lowest BCUT2D eigenvalue weighted by atomic mass is 9.65. The van der Waals surface area contributed by atoms with Crippen molar-refractivity contribution in [3.63, 3.8) is 0 Å². The van der Waals surface area contributed by atoms with Crippen LogP contribution in [-0.4, -0.2) is 66.5 Å². The molecule has 1 saturated heterocycles. The van der Waals surface area contributed by atoms with Crippen LogP contribution in [0.15, 0.2) is 36.4 Å². The molecule has 1 spiro atoms. The molecule has 1 N–H and O–H groups in total. The van der Waals surface area contributed by atoms with E-state index < -0.39 is 11.8 Å². The lowest BCUT2D eigenvalue weighted by molar-refractivity contribution is -0.0132. The minimum Gasteiger partial charge on any atom is -0.478 e. The topological polar surface area (TPSA) is 82.0 Å². The highest BCUT2D eigenvalue weighted by atomic mass is 35.5. The molecule has 4 heterocycles. The van der Waals surface area contributed by atoms with Crippen LogP contribution in [0.25, 0.3) is 0 Å². The lowest BCUT2D eigenvalue weighted by Crippen LogP contribution is -2.53. The number of aryl methyl sites for hydroxylation is 2. The Morgan fingerprint density at radius 1 is 1.12 bits per heavy atom. The molecule has 210 valence electrons. The van der Waals surface area contributed by atoms with Gasteiger partial charge in [0, 0.05) is 50.4 Å². The summed E-state index contributed by atoms with van der Waals surface area (Å²) in [6.07, 6.45) is 1.94. The molecule has 0 bridgehead atoms. The number of pyridine rings is 2. The number of fused-ring (bicyclic) bond motifs is 2. The first kappa shape index (κ1) is 26.8. The molecule has 3 aliphatic rings. The summed E-state index contributed by atoms with van der Waals surface area (Å²) < 4.78 is 20.0. The number of carboxylic acid groups (broad SMARTS) is 1. The summed E-state index contributed by atoms with van der Waals surface area (Å²) in [7, 11) is 1.75.